The van der Waals surface area contributed by atoms with Gasteiger partial charge in [0.15, 0.2) is 0 Å². The maximum Gasteiger partial charge on any atom is 0.408 e. The second-order valence-electron chi connectivity index (χ2n) is 8.67. The fourth-order valence-corrected chi connectivity index (χ4v) is 3.36. The van der Waals surface area contributed by atoms with Crippen molar-refractivity contribution in [2.75, 3.05) is 19.0 Å². The number of aryl methyl sites for hydroxylation is 2. The lowest BCUT2D eigenvalue weighted by Gasteiger charge is -2.29. The van der Waals surface area contributed by atoms with Gasteiger partial charge in [-0.3, -0.25) is 14.5 Å². The fourth-order valence-electron chi connectivity index (χ4n) is 3.36. The van der Waals surface area contributed by atoms with Crippen LogP contribution in [0.1, 0.15) is 43.5 Å². The number of carbonyl (C=O) groups is 3. The molecular formula is C26H31N3O5. The van der Waals surface area contributed by atoms with Crippen LogP contribution in [0.15, 0.2) is 42.5 Å². The molecule has 2 N–H and O–H groups in total. The summed E-state index contributed by atoms with van der Waals surface area (Å²) in [7, 11) is 1.55. The number of hydrogen-bond donors (Lipinski definition) is 2. The number of alkyl carbamates (subject to hydrolysis) is 1. The van der Waals surface area contributed by atoms with Gasteiger partial charge in [-0.1, -0.05) is 24.6 Å². The number of terminal acetylenes is 1. The molecule has 34 heavy (non-hydrogen) atoms. The van der Waals surface area contributed by atoms with Crippen LogP contribution >= 0.6 is 0 Å². The van der Waals surface area contributed by atoms with Gasteiger partial charge in [-0.05, 0) is 75.6 Å². The molecule has 0 saturated carbocycles. The van der Waals surface area contributed by atoms with Crippen molar-refractivity contribution in [3.63, 3.8) is 0 Å². The van der Waals surface area contributed by atoms with Gasteiger partial charge in [-0.15, -0.1) is 0 Å². The Bertz CT molecular complexity index is 1060. The van der Waals surface area contributed by atoms with E-state index < -0.39 is 36.1 Å². The van der Waals surface area contributed by atoms with Gasteiger partial charge >= 0.3 is 6.09 Å². The van der Waals surface area contributed by atoms with Crippen LogP contribution < -0.4 is 15.4 Å². The van der Waals surface area contributed by atoms with Crippen LogP contribution in [0.25, 0.3) is 0 Å². The van der Waals surface area contributed by atoms with Crippen molar-refractivity contribution >= 4 is 23.6 Å². The predicted molar refractivity (Wildman–Crippen MR) is 130 cm³/mol. The summed E-state index contributed by atoms with van der Waals surface area (Å²) in [5.41, 5.74) is 1.99. The highest BCUT2D eigenvalue weighted by molar-refractivity contribution is 5.99. The first-order chi connectivity index (χ1) is 16.0. The Morgan fingerprint density at radius 2 is 1.65 bits per heavy atom. The van der Waals surface area contributed by atoms with E-state index in [9.17, 15) is 14.4 Å². The molecule has 0 heterocycles. The summed E-state index contributed by atoms with van der Waals surface area (Å²) in [5, 5.41) is 5.21. The minimum Gasteiger partial charge on any atom is -0.497 e. The molecule has 0 fully saturated rings. The van der Waals surface area contributed by atoms with E-state index in [2.05, 4.69) is 16.7 Å². The van der Waals surface area contributed by atoms with Gasteiger partial charge < -0.3 is 20.1 Å². The average Bonchev–Trinajstić information content (AvgIpc) is 2.76. The second kappa shape index (κ2) is 11.2. The lowest BCUT2D eigenvalue weighted by molar-refractivity contribution is -0.134. The number of hydrogen-bond acceptors (Lipinski definition) is 5. The lowest BCUT2D eigenvalue weighted by atomic mass is 9.94. The molecule has 180 valence electrons. The molecule has 0 aromatic heterocycles. The van der Waals surface area contributed by atoms with E-state index in [1.54, 1.807) is 52.1 Å². The van der Waals surface area contributed by atoms with E-state index in [-0.39, 0.29) is 0 Å². The summed E-state index contributed by atoms with van der Waals surface area (Å²) in [6, 6.07) is 13.5. The summed E-state index contributed by atoms with van der Waals surface area (Å²) in [5.74, 6) is -0.491. The van der Waals surface area contributed by atoms with Crippen molar-refractivity contribution in [2.45, 2.75) is 46.3 Å². The van der Waals surface area contributed by atoms with Crippen molar-refractivity contribution in [1.29, 1.82) is 0 Å². The van der Waals surface area contributed by atoms with Gasteiger partial charge in [0.25, 0.3) is 11.8 Å². The highest BCUT2D eigenvalue weighted by Gasteiger charge is 2.33. The molecule has 1 unspecified atom stereocenters. The Morgan fingerprint density at radius 1 is 1.06 bits per heavy atom. The summed E-state index contributed by atoms with van der Waals surface area (Å²) < 4.78 is 10.3. The van der Waals surface area contributed by atoms with Crippen LogP contribution in [0.5, 0.6) is 5.75 Å². The maximum absolute atomic E-state index is 13.5. The number of methoxy groups -OCH3 is 1. The first kappa shape index (κ1) is 26.3. The minimum absolute atomic E-state index is 0.434. The first-order valence-corrected chi connectivity index (χ1v) is 10.7. The van der Waals surface area contributed by atoms with E-state index in [1.807, 2.05) is 32.0 Å². The molecule has 2 aromatic rings. The largest absolute Gasteiger partial charge is 0.497 e. The molecule has 2 aromatic carbocycles. The van der Waals surface area contributed by atoms with Crippen LogP contribution in [-0.4, -0.2) is 42.1 Å². The number of amides is 3. The summed E-state index contributed by atoms with van der Waals surface area (Å²) in [6.07, 6.45) is 4.94. The van der Waals surface area contributed by atoms with Crippen molar-refractivity contribution < 1.29 is 23.9 Å². The number of nitrogens with one attached hydrogen (secondary N) is 2. The Morgan fingerprint density at radius 3 is 2.15 bits per heavy atom. The third kappa shape index (κ3) is 7.01. The van der Waals surface area contributed by atoms with Crippen LogP contribution in [0.3, 0.4) is 0 Å². The molecular weight excluding hydrogens is 434 g/mol. The van der Waals surface area contributed by atoms with Gasteiger partial charge in [-0.2, -0.15) is 0 Å². The number of nitrogens with zero attached hydrogens (tertiary/aromatic N) is 1. The minimum atomic E-state index is -1.12. The molecule has 0 bridgehead atoms. The summed E-state index contributed by atoms with van der Waals surface area (Å²) >= 11 is 0. The SMILES string of the molecule is C#CN(C(=O)CNC(=O)OC(C)(C)C)C(C(=O)Nc1ccc(OC)cc1)c1c(C)cccc1C. The van der Waals surface area contributed by atoms with Gasteiger partial charge in [0.2, 0.25) is 0 Å². The first-order valence-electron chi connectivity index (χ1n) is 10.7. The van der Waals surface area contributed by atoms with Crippen LogP contribution in [0, 0.1) is 26.3 Å². The quantitative estimate of drug-likeness (QED) is 0.477. The van der Waals surface area contributed by atoms with Gasteiger partial charge in [0.1, 0.15) is 23.9 Å². The summed E-state index contributed by atoms with van der Waals surface area (Å²) in [6.45, 7) is 8.38. The van der Waals surface area contributed by atoms with E-state index >= 15 is 0 Å². The Labute approximate surface area is 200 Å². The molecule has 8 heteroatoms. The molecule has 0 spiro atoms. The maximum atomic E-state index is 13.5. The third-order valence-electron chi connectivity index (χ3n) is 4.87. The molecule has 8 nitrogen and oxygen atoms in total. The molecule has 3 amide bonds. The van der Waals surface area contributed by atoms with Crippen molar-refractivity contribution in [1.82, 2.24) is 10.2 Å². The second-order valence-corrected chi connectivity index (χ2v) is 8.67. The standard InChI is InChI=1S/C26H31N3O5/c1-8-29(21(30)16-27-25(32)34-26(4,5)6)23(22-17(2)10-9-11-18(22)3)24(31)28-19-12-14-20(33-7)15-13-19/h1,9-15,23H,16H2,2-7H3,(H,27,32)(H,28,31). The highest BCUT2D eigenvalue weighted by Crippen LogP contribution is 2.29. The summed E-state index contributed by atoms with van der Waals surface area (Å²) in [4.78, 5) is 39.5. The number of rotatable bonds is 7. The Hall–Kier alpha value is -3.99. The number of anilines is 1. The zero-order valence-electron chi connectivity index (χ0n) is 20.4. The molecule has 0 saturated heterocycles. The van der Waals surface area contributed by atoms with Crippen molar-refractivity contribution in [2.24, 2.45) is 0 Å². The van der Waals surface area contributed by atoms with E-state index in [4.69, 9.17) is 15.9 Å². The highest BCUT2D eigenvalue weighted by atomic mass is 16.6. The fraction of sp³-hybridized carbons (Fsp3) is 0.346. The van der Waals surface area contributed by atoms with Gasteiger partial charge in [0, 0.05) is 11.7 Å². The van der Waals surface area contributed by atoms with Gasteiger partial charge in [-0.25, -0.2) is 4.79 Å². The molecule has 0 radical (unpaired) electrons. The van der Waals surface area contributed by atoms with Crippen LogP contribution in [0.4, 0.5) is 10.5 Å². The lowest BCUT2D eigenvalue weighted by Crippen LogP contribution is -2.44. The van der Waals surface area contributed by atoms with Crippen molar-refractivity contribution in [3.05, 3.63) is 59.2 Å². The molecule has 0 aliphatic carbocycles. The Balaban J connectivity index is 2.35. The molecule has 0 aliphatic rings. The van der Waals surface area contributed by atoms with E-state index in [1.165, 1.54) is 0 Å². The van der Waals surface area contributed by atoms with Crippen molar-refractivity contribution in [3.8, 4) is 18.2 Å². The topological polar surface area (TPSA) is 97.0 Å². The molecule has 2 rings (SSSR count). The zero-order valence-corrected chi connectivity index (χ0v) is 20.4. The number of ether oxygens (including phenoxy) is 2. The van der Waals surface area contributed by atoms with Crippen LogP contribution in [0.2, 0.25) is 0 Å². The van der Waals surface area contributed by atoms with Crippen LogP contribution in [-0.2, 0) is 14.3 Å². The van der Waals surface area contributed by atoms with E-state index in [0.717, 1.165) is 16.0 Å². The van der Waals surface area contributed by atoms with E-state index in [0.29, 0.717) is 17.0 Å². The molecule has 0 aliphatic heterocycles. The average molecular weight is 466 g/mol. The molecule has 1 atom stereocenters. The third-order valence-corrected chi connectivity index (χ3v) is 4.87. The number of benzene rings is 2. The number of carbonyl (C=O) groups excluding carboxylic acids is 3. The monoisotopic (exact) mass is 465 g/mol. The normalized spacial score (nSPS) is 11.6. The van der Waals surface area contributed by atoms with Gasteiger partial charge in [0.05, 0.1) is 7.11 Å². The zero-order chi connectivity index (χ0) is 25.5. The smallest absolute Gasteiger partial charge is 0.408 e. The predicted octanol–water partition coefficient (Wildman–Crippen LogP) is 3.94. The Kier molecular flexibility index (Phi) is 8.68.